The molecule has 2 aromatic rings. The molecule has 1 atom stereocenters. The average molecular weight is 272 g/mol. The van der Waals surface area contributed by atoms with E-state index in [1.807, 2.05) is 0 Å². The van der Waals surface area contributed by atoms with Crippen LogP contribution in [0.25, 0.3) is 11.0 Å². The Morgan fingerprint density at radius 3 is 2.53 bits per heavy atom. The van der Waals surface area contributed by atoms with Gasteiger partial charge >= 0.3 is 6.18 Å². The van der Waals surface area contributed by atoms with Crippen LogP contribution in [-0.4, -0.2) is 15.0 Å². The van der Waals surface area contributed by atoms with E-state index in [9.17, 15) is 18.0 Å². The Labute approximate surface area is 105 Å². The van der Waals surface area contributed by atoms with Crippen molar-refractivity contribution in [1.82, 2.24) is 15.0 Å². The van der Waals surface area contributed by atoms with E-state index in [2.05, 4.69) is 15.0 Å². The van der Waals surface area contributed by atoms with Gasteiger partial charge in [-0.05, 0) is 19.9 Å². The SMILES string of the molecule is Cc1nc2cc(C(F)(F)F)c(C(C)N)nc2c(=O)[nH]1. The predicted molar refractivity (Wildman–Crippen MR) is 62.5 cm³/mol. The second-order valence-corrected chi connectivity index (χ2v) is 4.23. The minimum absolute atomic E-state index is 0.0991. The number of hydrogen-bond acceptors (Lipinski definition) is 4. The Kier molecular flexibility index (Phi) is 3.05. The number of halogens is 3. The van der Waals surface area contributed by atoms with Gasteiger partial charge < -0.3 is 10.7 Å². The summed E-state index contributed by atoms with van der Waals surface area (Å²) in [5.74, 6) is 0.223. The first-order chi connectivity index (χ1) is 8.70. The molecule has 0 saturated heterocycles. The van der Waals surface area contributed by atoms with Gasteiger partial charge in [0.05, 0.1) is 16.8 Å². The molecule has 0 bridgehead atoms. The summed E-state index contributed by atoms with van der Waals surface area (Å²) in [5.41, 5.74) is 3.33. The van der Waals surface area contributed by atoms with E-state index >= 15 is 0 Å². The fourth-order valence-corrected chi connectivity index (χ4v) is 1.78. The van der Waals surface area contributed by atoms with E-state index in [-0.39, 0.29) is 22.6 Å². The standard InChI is InChI=1S/C11H11F3N4O/c1-4(15)8-6(11(12,13)14)3-7-9(18-8)10(19)17-5(2)16-7/h3-4H,15H2,1-2H3,(H,16,17,19). The zero-order valence-corrected chi connectivity index (χ0v) is 10.2. The summed E-state index contributed by atoms with van der Waals surface area (Å²) in [6.07, 6.45) is -4.59. The highest BCUT2D eigenvalue weighted by atomic mass is 19.4. The molecule has 0 aliphatic heterocycles. The van der Waals surface area contributed by atoms with Gasteiger partial charge in [0.1, 0.15) is 5.82 Å². The maximum atomic E-state index is 12.9. The van der Waals surface area contributed by atoms with Gasteiger partial charge in [0.2, 0.25) is 0 Å². The molecule has 19 heavy (non-hydrogen) atoms. The van der Waals surface area contributed by atoms with Crippen LogP contribution >= 0.6 is 0 Å². The quantitative estimate of drug-likeness (QED) is 0.826. The largest absolute Gasteiger partial charge is 0.418 e. The number of aryl methyl sites for hydroxylation is 1. The molecule has 102 valence electrons. The fraction of sp³-hybridized carbons (Fsp3) is 0.364. The molecular formula is C11H11F3N4O. The van der Waals surface area contributed by atoms with Crippen molar-refractivity contribution in [3.63, 3.8) is 0 Å². The molecule has 0 radical (unpaired) electrons. The number of hydrogen-bond donors (Lipinski definition) is 2. The highest BCUT2D eigenvalue weighted by Gasteiger charge is 2.35. The van der Waals surface area contributed by atoms with Crippen molar-refractivity contribution in [2.45, 2.75) is 26.1 Å². The second kappa shape index (κ2) is 4.30. The Hall–Kier alpha value is -1.96. The molecule has 2 rings (SSSR count). The summed E-state index contributed by atoms with van der Waals surface area (Å²) >= 11 is 0. The highest BCUT2D eigenvalue weighted by molar-refractivity contribution is 5.74. The van der Waals surface area contributed by atoms with Gasteiger partial charge in [-0.15, -0.1) is 0 Å². The lowest BCUT2D eigenvalue weighted by Gasteiger charge is -2.15. The number of fused-ring (bicyclic) bond motifs is 1. The van der Waals surface area contributed by atoms with Crippen molar-refractivity contribution >= 4 is 11.0 Å². The minimum Gasteiger partial charge on any atom is -0.323 e. The number of aromatic amines is 1. The van der Waals surface area contributed by atoms with Gasteiger partial charge in [-0.25, -0.2) is 9.97 Å². The maximum Gasteiger partial charge on any atom is 0.418 e. The Morgan fingerprint density at radius 2 is 2.00 bits per heavy atom. The second-order valence-electron chi connectivity index (χ2n) is 4.23. The van der Waals surface area contributed by atoms with Gasteiger partial charge in [0, 0.05) is 6.04 Å². The Morgan fingerprint density at radius 1 is 1.37 bits per heavy atom. The van der Waals surface area contributed by atoms with Crippen molar-refractivity contribution in [2.24, 2.45) is 5.73 Å². The van der Waals surface area contributed by atoms with Crippen molar-refractivity contribution in [1.29, 1.82) is 0 Å². The van der Waals surface area contributed by atoms with Crippen molar-refractivity contribution in [2.75, 3.05) is 0 Å². The Balaban J connectivity index is 2.89. The minimum atomic E-state index is -4.59. The molecule has 0 spiro atoms. The third-order valence-electron chi connectivity index (χ3n) is 2.57. The lowest BCUT2D eigenvalue weighted by molar-refractivity contribution is -0.138. The first kappa shape index (κ1) is 13.5. The van der Waals surface area contributed by atoms with Gasteiger partial charge in [-0.2, -0.15) is 13.2 Å². The molecule has 8 heteroatoms. The van der Waals surface area contributed by atoms with Crippen LogP contribution in [0.2, 0.25) is 0 Å². The summed E-state index contributed by atoms with van der Waals surface area (Å²) in [7, 11) is 0. The number of nitrogens with two attached hydrogens (primary N) is 1. The van der Waals surface area contributed by atoms with Crippen LogP contribution in [0, 0.1) is 6.92 Å². The number of nitrogens with one attached hydrogen (secondary N) is 1. The van der Waals surface area contributed by atoms with E-state index < -0.39 is 23.3 Å². The molecule has 0 fully saturated rings. The summed E-state index contributed by atoms with van der Waals surface area (Å²) in [5, 5.41) is 0. The molecule has 0 aliphatic rings. The lowest BCUT2D eigenvalue weighted by atomic mass is 10.1. The van der Waals surface area contributed by atoms with E-state index in [0.29, 0.717) is 0 Å². The van der Waals surface area contributed by atoms with E-state index in [1.165, 1.54) is 13.8 Å². The molecule has 3 N–H and O–H groups in total. The third-order valence-corrected chi connectivity index (χ3v) is 2.57. The van der Waals surface area contributed by atoms with Gasteiger partial charge in [0.15, 0.2) is 5.52 Å². The van der Waals surface area contributed by atoms with Crippen LogP contribution in [0.5, 0.6) is 0 Å². The third kappa shape index (κ3) is 2.43. The van der Waals surface area contributed by atoms with Gasteiger partial charge in [0.25, 0.3) is 5.56 Å². The molecule has 2 heterocycles. The zero-order chi connectivity index (χ0) is 14.4. The van der Waals surface area contributed by atoms with E-state index in [1.54, 1.807) is 0 Å². The van der Waals surface area contributed by atoms with E-state index in [4.69, 9.17) is 5.73 Å². The molecule has 0 aliphatic carbocycles. The molecule has 0 amide bonds. The van der Waals surface area contributed by atoms with Gasteiger partial charge in [-0.1, -0.05) is 0 Å². The summed E-state index contributed by atoms with van der Waals surface area (Å²) in [4.78, 5) is 21.6. The Bertz CT molecular complexity index is 691. The maximum absolute atomic E-state index is 12.9. The van der Waals surface area contributed by atoms with Gasteiger partial charge in [-0.3, -0.25) is 4.79 Å². The summed E-state index contributed by atoms with van der Waals surface area (Å²) in [6.45, 7) is 2.85. The number of rotatable bonds is 1. The normalized spacial score (nSPS) is 13.8. The molecule has 1 unspecified atom stereocenters. The first-order valence-corrected chi connectivity index (χ1v) is 5.44. The predicted octanol–water partition coefficient (Wildman–Crippen LogP) is 1.67. The van der Waals surface area contributed by atoms with Crippen molar-refractivity contribution in [3.8, 4) is 0 Å². The van der Waals surface area contributed by atoms with Crippen LogP contribution in [0.3, 0.4) is 0 Å². The van der Waals surface area contributed by atoms with Crippen molar-refractivity contribution < 1.29 is 13.2 Å². The number of nitrogens with zero attached hydrogens (tertiary/aromatic N) is 2. The molecule has 0 saturated carbocycles. The van der Waals surface area contributed by atoms with Crippen LogP contribution < -0.4 is 11.3 Å². The topological polar surface area (TPSA) is 84.7 Å². The fourth-order valence-electron chi connectivity index (χ4n) is 1.78. The highest BCUT2D eigenvalue weighted by Crippen LogP contribution is 2.34. The summed E-state index contributed by atoms with van der Waals surface area (Å²) < 4.78 is 38.8. The molecule has 2 aromatic heterocycles. The smallest absolute Gasteiger partial charge is 0.323 e. The summed E-state index contributed by atoms with van der Waals surface area (Å²) in [6, 6.07) is -0.134. The van der Waals surface area contributed by atoms with E-state index in [0.717, 1.165) is 6.07 Å². The molecular weight excluding hydrogens is 261 g/mol. The van der Waals surface area contributed by atoms with Crippen LogP contribution in [-0.2, 0) is 6.18 Å². The average Bonchev–Trinajstić information content (AvgIpc) is 2.25. The number of H-pyrrole nitrogens is 1. The lowest BCUT2D eigenvalue weighted by Crippen LogP contribution is -2.20. The van der Waals surface area contributed by atoms with Crippen LogP contribution in [0.4, 0.5) is 13.2 Å². The molecule has 0 aromatic carbocycles. The zero-order valence-electron chi connectivity index (χ0n) is 10.2. The number of alkyl halides is 3. The van der Waals surface area contributed by atoms with Crippen LogP contribution in [0.15, 0.2) is 10.9 Å². The molecule has 5 nitrogen and oxygen atoms in total. The van der Waals surface area contributed by atoms with Crippen LogP contribution in [0.1, 0.15) is 30.0 Å². The number of aromatic nitrogens is 3. The first-order valence-electron chi connectivity index (χ1n) is 5.44. The number of pyridine rings is 1. The van der Waals surface area contributed by atoms with Crippen molar-refractivity contribution in [3.05, 3.63) is 33.5 Å². The monoisotopic (exact) mass is 272 g/mol.